The van der Waals surface area contributed by atoms with E-state index < -0.39 is 0 Å². The smallest absolute Gasteiger partial charge is 0.231 e. The predicted octanol–water partition coefficient (Wildman–Crippen LogP) is -0.0955. The Morgan fingerprint density at radius 3 is 2.87 bits per heavy atom. The molecule has 0 aromatic heterocycles. The summed E-state index contributed by atoms with van der Waals surface area (Å²) >= 11 is 0. The van der Waals surface area contributed by atoms with Gasteiger partial charge in [-0.15, -0.1) is 0 Å². The van der Waals surface area contributed by atoms with Crippen LogP contribution in [-0.2, 0) is 4.79 Å². The zero-order valence-corrected chi connectivity index (χ0v) is 13.1. The Hall–Kier alpha value is -1.83. The van der Waals surface area contributed by atoms with Crippen molar-refractivity contribution in [1.29, 1.82) is 0 Å². The van der Waals surface area contributed by atoms with Crippen molar-refractivity contribution in [2.45, 2.75) is 19.0 Å². The van der Waals surface area contributed by atoms with Crippen molar-refractivity contribution in [3.63, 3.8) is 0 Å². The first-order chi connectivity index (χ1) is 11.2. The van der Waals surface area contributed by atoms with E-state index in [9.17, 15) is 4.79 Å². The molecule has 4 rings (SSSR count). The number of hydrazine groups is 1. The van der Waals surface area contributed by atoms with E-state index in [0.29, 0.717) is 5.92 Å². The second-order valence-electron chi connectivity index (χ2n) is 6.44. The number of carbonyl (C=O) groups excluding carboxylic acids is 1. The van der Waals surface area contributed by atoms with E-state index in [1.165, 1.54) is 0 Å². The van der Waals surface area contributed by atoms with Crippen LogP contribution >= 0.6 is 0 Å². The fourth-order valence-electron chi connectivity index (χ4n) is 3.25. The first-order valence-electron chi connectivity index (χ1n) is 8.11. The fraction of sp³-hybridized carbons (Fsp3) is 0.562. The molecule has 7 heteroatoms. The van der Waals surface area contributed by atoms with Crippen LogP contribution in [0.4, 0.5) is 0 Å². The van der Waals surface area contributed by atoms with Gasteiger partial charge in [-0.3, -0.25) is 10.2 Å². The molecule has 3 aliphatic rings. The average molecular weight is 318 g/mol. The lowest BCUT2D eigenvalue weighted by Crippen LogP contribution is -2.53. The fourth-order valence-corrected chi connectivity index (χ4v) is 3.25. The highest BCUT2D eigenvalue weighted by atomic mass is 16.7. The van der Waals surface area contributed by atoms with E-state index in [0.717, 1.165) is 36.7 Å². The van der Waals surface area contributed by atoms with E-state index in [1.54, 1.807) is 0 Å². The molecule has 23 heavy (non-hydrogen) atoms. The SMILES string of the molecule is CC(C(=O)NC1NNCC1c1ccc2c(c1)OCO2)C1CNC1. The third-order valence-corrected chi connectivity index (χ3v) is 5.04. The highest BCUT2D eigenvalue weighted by Gasteiger charge is 2.34. The molecule has 7 nitrogen and oxygen atoms in total. The first-order valence-corrected chi connectivity index (χ1v) is 8.11. The summed E-state index contributed by atoms with van der Waals surface area (Å²) in [7, 11) is 0. The number of nitrogens with one attached hydrogen (secondary N) is 4. The monoisotopic (exact) mass is 318 g/mol. The summed E-state index contributed by atoms with van der Waals surface area (Å²) in [5.41, 5.74) is 7.43. The van der Waals surface area contributed by atoms with Crippen LogP contribution in [0.15, 0.2) is 18.2 Å². The van der Waals surface area contributed by atoms with Gasteiger partial charge < -0.3 is 20.1 Å². The van der Waals surface area contributed by atoms with Crippen molar-refractivity contribution < 1.29 is 14.3 Å². The van der Waals surface area contributed by atoms with Gasteiger partial charge in [-0.25, -0.2) is 5.43 Å². The molecule has 2 fully saturated rings. The second-order valence-corrected chi connectivity index (χ2v) is 6.44. The molecule has 1 aromatic rings. The summed E-state index contributed by atoms with van der Waals surface area (Å²) in [5.74, 6) is 2.26. The summed E-state index contributed by atoms with van der Waals surface area (Å²) in [5, 5.41) is 6.35. The van der Waals surface area contributed by atoms with Crippen LogP contribution in [0, 0.1) is 11.8 Å². The number of carbonyl (C=O) groups is 1. The van der Waals surface area contributed by atoms with Crippen molar-refractivity contribution in [1.82, 2.24) is 21.5 Å². The minimum atomic E-state index is -0.127. The van der Waals surface area contributed by atoms with E-state index in [2.05, 4.69) is 21.5 Å². The number of ether oxygens (including phenoxy) is 2. The van der Waals surface area contributed by atoms with Crippen molar-refractivity contribution >= 4 is 5.91 Å². The highest BCUT2D eigenvalue weighted by Crippen LogP contribution is 2.35. The highest BCUT2D eigenvalue weighted by molar-refractivity contribution is 5.79. The number of hydrogen-bond acceptors (Lipinski definition) is 6. The molecule has 1 aromatic carbocycles. The number of fused-ring (bicyclic) bond motifs is 1. The van der Waals surface area contributed by atoms with Gasteiger partial charge in [0.05, 0.1) is 0 Å². The van der Waals surface area contributed by atoms with E-state index >= 15 is 0 Å². The molecule has 0 saturated carbocycles. The maximum absolute atomic E-state index is 12.4. The normalized spacial score (nSPS) is 27.5. The van der Waals surface area contributed by atoms with Gasteiger partial charge in [0, 0.05) is 18.4 Å². The Labute approximate surface area is 135 Å². The minimum Gasteiger partial charge on any atom is -0.454 e. The van der Waals surface area contributed by atoms with Crippen molar-refractivity contribution in [2.24, 2.45) is 11.8 Å². The third kappa shape index (κ3) is 2.75. The predicted molar refractivity (Wildman–Crippen MR) is 83.9 cm³/mol. The van der Waals surface area contributed by atoms with Crippen molar-refractivity contribution in [3.8, 4) is 11.5 Å². The van der Waals surface area contributed by atoms with Crippen LogP contribution in [-0.4, -0.2) is 38.5 Å². The summed E-state index contributed by atoms with van der Waals surface area (Å²) in [6.07, 6.45) is -0.127. The Kier molecular flexibility index (Phi) is 3.84. The van der Waals surface area contributed by atoms with Gasteiger partial charge in [0.15, 0.2) is 11.5 Å². The van der Waals surface area contributed by atoms with Crippen LogP contribution in [0.3, 0.4) is 0 Å². The zero-order valence-electron chi connectivity index (χ0n) is 13.1. The molecule has 3 atom stereocenters. The number of rotatable bonds is 4. The van der Waals surface area contributed by atoms with Gasteiger partial charge in [0.25, 0.3) is 0 Å². The van der Waals surface area contributed by atoms with Gasteiger partial charge in [-0.1, -0.05) is 13.0 Å². The molecule has 4 N–H and O–H groups in total. The standard InChI is InChI=1S/C16H22N4O3/c1-9(11-5-17-6-11)16(21)19-15-12(7-18-20-15)10-2-3-13-14(4-10)23-8-22-13/h2-4,9,11-12,15,17-18,20H,5-8H2,1H3,(H,19,21). The largest absolute Gasteiger partial charge is 0.454 e. The van der Waals surface area contributed by atoms with E-state index in [4.69, 9.17) is 9.47 Å². The van der Waals surface area contributed by atoms with E-state index in [-0.39, 0.29) is 30.7 Å². The molecule has 3 aliphatic heterocycles. The molecule has 3 unspecified atom stereocenters. The molecule has 1 amide bonds. The van der Waals surface area contributed by atoms with Gasteiger partial charge >= 0.3 is 0 Å². The number of benzene rings is 1. The molecule has 0 spiro atoms. The van der Waals surface area contributed by atoms with Crippen LogP contribution < -0.4 is 31.0 Å². The molecule has 2 saturated heterocycles. The molecule has 3 heterocycles. The maximum Gasteiger partial charge on any atom is 0.231 e. The van der Waals surface area contributed by atoms with Crippen molar-refractivity contribution in [3.05, 3.63) is 23.8 Å². The van der Waals surface area contributed by atoms with Gasteiger partial charge in [0.2, 0.25) is 12.7 Å². The summed E-state index contributed by atoms with van der Waals surface area (Å²) in [4.78, 5) is 12.4. The Balaban J connectivity index is 1.45. The Bertz CT molecular complexity index is 605. The van der Waals surface area contributed by atoms with E-state index in [1.807, 2.05) is 25.1 Å². The maximum atomic E-state index is 12.4. The quantitative estimate of drug-likeness (QED) is 0.621. The average Bonchev–Trinajstić information content (AvgIpc) is 3.12. The minimum absolute atomic E-state index is 0.0241. The Morgan fingerprint density at radius 1 is 1.26 bits per heavy atom. The van der Waals surface area contributed by atoms with Crippen LogP contribution in [0.1, 0.15) is 18.4 Å². The van der Waals surface area contributed by atoms with Gasteiger partial charge in [-0.2, -0.15) is 0 Å². The lowest BCUT2D eigenvalue weighted by Gasteiger charge is -2.33. The van der Waals surface area contributed by atoms with Gasteiger partial charge in [0.1, 0.15) is 6.17 Å². The zero-order chi connectivity index (χ0) is 15.8. The molecule has 0 bridgehead atoms. The number of amides is 1. The first kappa shape index (κ1) is 14.7. The van der Waals surface area contributed by atoms with Crippen LogP contribution in [0.5, 0.6) is 11.5 Å². The van der Waals surface area contributed by atoms with Gasteiger partial charge in [-0.05, 0) is 36.7 Å². The third-order valence-electron chi connectivity index (χ3n) is 5.04. The molecule has 0 aliphatic carbocycles. The lowest BCUT2D eigenvalue weighted by molar-refractivity contribution is -0.127. The molecular formula is C16H22N4O3. The second kappa shape index (κ2) is 5.99. The van der Waals surface area contributed by atoms with Crippen molar-refractivity contribution in [2.75, 3.05) is 26.4 Å². The lowest BCUT2D eigenvalue weighted by atomic mass is 9.88. The summed E-state index contributed by atoms with van der Waals surface area (Å²) in [6, 6.07) is 5.96. The number of hydrogen-bond donors (Lipinski definition) is 4. The molecule has 0 radical (unpaired) electrons. The summed E-state index contributed by atoms with van der Waals surface area (Å²) < 4.78 is 10.8. The summed E-state index contributed by atoms with van der Waals surface area (Å²) in [6.45, 7) is 4.88. The topological polar surface area (TPSA) is 83.7 Å². The van der Waals surface area contributed by atoms with Crippen LogP contribution in [0.25, 0.3) is 0 Å². The Morgan fingerprint density at radius 2 is 2.09 bits per heavy atom. The molecule has 124 valence electrons. The molecular weight excluding hydrogens is 296 g/mol. The van der Waals surface area contributed by atoms with Crippen LogP contribution in [0.2, 0.25) is 0 Å².